The van der Waals surface area contributed by atoms with Crippen LogP contribution in [0.1, 0.15) is 18.9 Å². The largest absolute Gasteiger partial charge is 0.285 e. The van der Waals surface area contributed by atoms with Crippen LogP contribution < -0.4 is 4.72 Å². The van der Waals surface area contributed by atoms with Crippen LogP contribution in [-0.2, 0) is 20.1 Å². The second-order valence-electron chi connectivity index (χ2n) is 5.44. The van der Waals surface area contributed by atoms with Crippen LogP contribution in [-0.4, -0.2) is 53.4 Å². The van der Waals surface area contributed by atoms with Gasteiger partial charge in [-0.25, -0.2) is 13.3 Å². The molecule has 0 spiro atoms. The van der Waals surface area contributed by atoms with E-state index >= 15 is 0 Å². The number of nitrogens with zero attached hydrogens (tertiary/aromatic N) is 3. The molecule has 1 aromatic rings. The Morgan fingerprint density at radius 1 is 1.33 bits per heavy atom. The Morgan fingerprint density at radius 2 is 1.88 bits per heavy atom. The molecule has 0 aromatic carbocycles. The van der Waals surface area contributed by atoms with Gasteiger partial charge in [0.2, 0.25) is 15.7 Å². The van der Waals surface area contributed by atoms with Crippen molar-refractivity contribution in [1.29, 1.82) is 0 Å². The lowest BCUT2D eigenvalue weighted by Crippen LogP contribution is -2.42. The molecule has 0 amide bonds. The van der Waals surface area contributed by atoms with Crippen molar-refractivity contribution < 1.29 is 21.4 Å². The van der Waals surface area contributed by atoms with Gasteiger partial charge in [-0.3, -0.25) is 14.0 Å². The summed E-state index contributed by atoms with van der Waals surface area (Å²) in [4.78, 5) is 3.19. The van der Waals surface area contributed by atoms with Gasteiger partial charge in [0.05, 0.1) is 41.1 Å². The van der Waals surface area contributed by atoms with Gasteiger partial charge in [0.15, 0.2) is 0 Å². The number of hydrogen-bond donors (Lipinski definition) is 2. The van der Waals surface area contributed by atoms with E-state index in [0.29, 0.717) is 0 Å². The lowest BCUT2D eigenvalue weighted by Gasteiger charge is -2.36. The van der Waals surface area contributed by atoms with Crippen molar-refractivity contribution in [3.8, 4) is 0 Å². The molecule has 1 aliphatic rings. The fourth-order valence-corrected chi connectivity index (χ4v) is 5.32. The van der Waals surface area contributed by atoms with E-state index in [1.165, 1.54) is 10.9 Å². The first kappa shape index (κ1) is 19.3. The Hall–Kier alpha value is -1.06. The summed E-state index contributed by atoms with van der Waals surface area (Å²) in [6.45, 7) is 7.09. The van der Waals surface area contributed by atoms with Crippen LogP contribution in [0.15, 0.2) is 6.20 Å². The number of alkyl halides is 2. The molecule has 0 saturated heterocycles. The van der Waals surface area contributed by atoms with Gasteiger partial charge < -0.3 is 0 Å². The first-order chi connectivity index (χ1) is 10.9. The molecule has 1 fully saturated rings. The van der Waals surface area contributed by atoms with Crippen molar-refractivity contribution in [3.63, 3.8) is 0 Å². The fourth-order valence-electron chi connectivity index (χ4n) is 2.59. The molecular formula is C11H14Cl2N4O5S2. The average molecular weight is 417 g/mol. The standard InChI is InChI=1S/C11H14Cl2N4O5S2/c1-14-9-5-15-17(11(9)16-23(2,18)19)10-7(12)3-6(4-8(10)13)24(20,21)22/h5-8,10,16H,3-4H2,2H3,(H,20,21,22). The van der Waals surface area contributed by atoms with Gasteiger partial charge in [-0.2, -0.15) is 13.5 Å². The van der Waals surface area contributed by atoms with Crippen LogP contribution in [0.2, 0.25) is 0 Å². The van der Waals surface area contributed by atoms with E-state index < -0.39 is 42.2 Å². The monoisotopic (exact) mass is 416 g/mol. The lowest BCUT2D eigenvalue weighted by molar-refractivity contribution is 0.334. The quantitative estimate of drug-likeness (QED) is 0.436. The molecule has 13 heteroatoms. The second-order valence-corrected chi connectivity index (χ2v) is 10.0. The summed E-state index contributed by atoms with van der Waals surface area (Å²) >= 11 is 12.5. The molecule has 2 unspecified atom stereocenters. The number of hydrogen-bond acceptors (Lipinski definition) is 5. The van der Waals surface area contributed by atoms with Crippen LogP contribution in [0.4, 0.5) is 11.5 Å². The Morgan fingerprint density at radius 3 is 2.29 bits per heavy atom. The van der Waals surface area contributed by atoms with Crippen LogP contribution in [0, 0.1) is 6.57 Å². The minimum absolute atomic E-state index is 0.0370. The van der Waals surface area contributed by atoms with E-state index in [9.17, 15) is 21.4 Å². The third-order valence-corrected chi connectivity index (χ3v) is 6.26. The molecule has 0 aliphatic heterocycles. The molecule has 1 heterocycles. The predicted octanol–water partition coefficient (Wildman–Crippen LogP) is 1.61. The van der Waals surface area contributed by atoms with Crippen LogP contribution in [0.5, 0.6) is 0 Å². The van der Waals surface area contributed by atoms with Crippen molar-refractivity contribution >= 4 is 54.8 Å². The molecule has 1 aliphatic carbocycles. The second kappa shape index (κ2) is 6.68. The Kier molecular flexibility index (Phi) is 5.37. The number of nitrogens with one attached hydrogen (secondary N) is 1. The highest BCUT2D eigenvalue weighted by Gasteiger charge is 2.43. The molecule has 1 saturated carbocycles. The first-order valence-corrected chi connectivity index (χ1v) is 10.9. The smallest absolute Gasteiger partial charge is 0.267 e. The number of aromatic nitrogens is 2. The van der Waals surface area contributed by atoms with E-state index in [-0.39, 0.29) is 24.3 Å². The molecule has 2 N–H and O–H groups in total. The zero-order valence-corrected chi connectivity index (χ0v) is 15.4. The minimum Gasteiger partial charge on any atom is -0.285 e. The normalized spacial score (nSPS) is 28.3. The maximum atomic E-state index is 11.5. The van der Waals surface area contributed by atoms with Gasteiger partial charge in [0, 0.05) is 0 Å². The maximum Gasteiger partial charge on any atom is 0.267 e. The topological polar surface area (TPSA) is 123 Å². The number of sulfonamides is 1. The van der Waals surface area contributed by atoms with Crippen LogP contribution in [0.3, 0.4) is 0 Å². The van der Waals surface area contributed by atoms with E-state index in [2.05, 4.69) is 14.7 Å². The van der Waals surface area contributed by atoms with Crippen molar-refractivity contribution in [2.24, 2.45) is 0 Å². The SMILES string of the molecule is [C-]#[N+]c1cnn(C2C(Cl)CC(S(=O)(=O)O)CC2Cl)c1NS(C)(=O)=O. The molecule has 0 radical (unpaired) electrons. The highest BCUT2D eigenvalue weighted by Crippen LogP contribution is 2.41. The summed E-state index contributed by atoms with van der Waals surface area (Å²) in [5.41, 5.74) is -0.0370. The van der Waals surface area contributed by atoms with Crippen molar-refractivity contribution in [2.45, 2.75) is 34.9 Å². The van der Waals surface area contributed by atoms with E-state index in [1.54, 1.807) is 0 Å². The van der Waals surface area contributed by atoms with Crippen LogP contribution in [0.25, 0.3) is 4.85 Å². The highest BCUT2D eigenvalue weighted by atomic mass is 35.5. The van der Waals surface area contributed by atoms with Crippen LogP contribution >= 0.6 is 23.2 Å². The Balaban J connectivity index is 2.42. The van der Waals surface area contributed by atoms with Gasteiger partial charge in [-0.15, -0.1) is 23.2 Å². The van der Waals surface area contributed by atoms with Gasteiger partial charge in [-0.1, -0.05) is 0 Å². The zero-order chi connectivity index (χ0) is 18.3. The number of anilines is 1. The van der Waals surface area contributed by atoms with Gasteiger partial charge in [0.1, 0.15) is 5.82 Å². The summed E-state index contributed by atoms with van der Waals surface area (Å²) in [6, 6.07) is -0.758. The molecular weight excluding hydrogens is 403 g/mol. The molecule has 2 rings (SSSR count). The van der Waals surface area contributed by atoms with E-state index in [4.69, 9.17) is 29.8 Å². The molecule has 0 bridgehead atoms. The molecule has 9 nitrogen and oxygen atoms in total. The van der Waals surface area contributed by atoms with E-state index in [1.807, 2.05) is 0 Å². The molecule has 24 heavy (non-hydrogen) atoms. The first-order valence-electron chi connectivity index (χ1n) is 6.61. The van der Waals surface area contributed by atoms with Crippen molar-refractivity contribution in [2.75, 3.05) is 11.0 Å². The third kappa shape index (κ3) is 4.12. The summed E-state index contributed by atoms with van der Waals surface area (Å²) in [5, 5.41) is 1.19. The molecule has 1 aromatic heterocycles. The number of rotatable bonds is 4. The fraction of sp³-hybridized carbons (Fsp3) is 0.636. The van der Waals surface area contributed by atoms with Crippen molar-refractivity contribution in [1.82, 2.24) is 9.78 Å². The lowest BCUT2D eigenvalue weighted by atomic mass is 9.94. The van der Waals surface area contributed by atoms with Gasteiger partial charge >= 0.3 is 0 Å². The summed E-state index contributed by atoms with van der Waals surface area (Å²) in [6.07, 6.45) is 1.92. The Bertz CT molecular complexity index is 865. The maximum absolute atomic E-state index is 11.5. The Labute approximate surface area is 149 Å². The zero-order valence-electron chi connectivity index (χ0n) is 12.3. The molecule has 134 valence electrons. The highest BCUT2D eigenvalue weighted by molar-refractivity contribution is 7.92. The number of halogens is 2. The summed E-state index contributed by atoms with van der Waals surface area (Å²) in [5.74, 6) is -0.0842. The summed E-state index contributed by atoms with van der Waals surface area (Å²) < 4.78 is 58.2. The summed E-state index contributed by atoms with van der Waals surface area (Å²) in [7, 11) is -7.98. The van der Waals surface area contributed by atoms with Gasteiger partial charge in [0.25, 0.3) is 10.1 Å². The average Bonchev–Trinajstić information content (AvgIpc) is 2.77. The predicted molar refractivity (Wildman–Crippen MR) is 89.8 cm³/mol. The van der Waals surface area contributed by atoms with Gasteiger partial charge in [-0.05, 0) is 12.8 Å². The van der Waals surface area contributed by atoms with Crippen molar-refractivity contribution in [3.05, 3.63) is 17.6 Å². The minimum atomic E-state index is -4.29. The third-order valence-electron chi connectivity index (χ3n) is 3.60. The molecule has 2 atom stereocenters. The van der Waals surface area contributed by atoms with E-state index in [0.717, 1.165) is 6.26 Å².